The Morgan fingerprint density at radius 1 is 1.03 bits per heavy atom. The number of benzene rings is 3. The number of nitrogens with zero attached hydrogens (tertiary/aromatic N) is 4. The molecule has 0 aliphatic carbocycles. The fourth-order valence-electron chi connectivity index (χ4n) is 3.13. The Morgan fingerprint density at radius 2 is 1.76 bits per heavy atom. The summed E-state index contributed by atoms with van der Waals surface area (Å²) in [7, 11) is 1.63. The molecule has 3 aromatic carbocycles. The van der Waals surface area contributed by atoms with Crippen molar-refractivity contribution in [2.45, 2.75) is 10.1 Å². The Labute approximate surface area is 206 Å². The van der Waals surface area contributed by atoms with Crippen molar-refractivity contribution in [1.82, 2.24) is 20.2 Å². The molecule has 0 bridgehead atoms. The van der Waals surface area contributed by atoms with Crippen LogP contribution in [0.25, 0.3) is 17.1 Å². The van der Waals surface area contributed by atoms with E-state index in [1.807, 2.05) is 89.7 Å². The third kappa shape index (κ3) is 5.86. The monoisotopic (exact) mass is 489 g/mol. The largest absolute Gasteiger partial charge is 0.497 e. The molecule has 0 saturated carbocycles. The Kier molecular flexibility index (Phi) is 8.00. The summed E-state index contributed by atoms with van der Waals surface area (Å²) >= 11 is 2.97. The predicted octanol–water partition coefficient (Wildman–Crippen LogP) is 4.91. The molecule has 1 N–H and O–H groups in total. The molecule has 7 nitrogen and oxygen atoms in total. The lowest BCUT2D eigenvalue weighted by molar-refractivity contribution is -0.118. The van der Waals surface area contributed by atoms with Crippen molar-refractivity contribution in [3.8, 4) is 22.8 Å². The number of amides is 1. The van der Waals surface area contributed by atoms with Crippen molar-refractivity contribution in [3.05, 3.63) is 84.4 Å². The van der Waals surface area contributed by atoms with Gasteiger partial charge >= 0.3 is 0 Å². The molecule has 34 heavy (non-hydrogen) atoms. The number of carbonyl (C=O) groups excluding carboxylic acids is 1. The van der Waals surface area contributed by atoms with E-state index >= 15 is 0 Å². The second kappa shape index (κ2) is 11.5. The summed E-state index contributed by atoms with van der Waals surface area (Å²) < 4.78 is 7.21. The number of hydrogen-bond donors (Lipinski definition) is 1. The second-order valence-electron chi connectivity index (χ2n) is 7.06. The van der Waals surface area contributed by atoms with E-state index in [0.29, 0.717) is 11.0 Å². The first kappa shape index (κ1) is 23.6. The molecule has 0 atom stereocenters. The minimum Gasteiger partial charge on any atom is -0.497 e. The number of methoxy groups -OCH3 is 1. The molecule has 1 amide bonds. The van der Waals surface area contributed by atoms with E-state index < -0.39 is 0 Å². The molecule has 4 rings (SSSR count). The highest BCUT2D eigenvalue weighted by Crippen LogP contribution is 2.28. The van der Waals surface area contributed by atoms with Gasteiger partial charge in [-0.2, -0.15) is 5.10 Å². The van der Waals surface area contributed by atoms with Gasteiger partial charge in [0, 0.05) is 16.1 Å². The van der Waals surface area contributed by atoms with Gasteiger partial charge in [0.2, 0.25) is 0 Å². The smallest absolute Gasteiger partial charge is 0.250 e. The third-order valence-electron chi connectivity index (χ3n) is 4.85. The van der Waals surface area contributed by atoms with E-state index in [1.165, 1.54) is 16.7 Å². The summed E-state index contributed by atoms with van der Waals surface area (Å²) in [5.41, 5.74) is 5.29. The van der Waals surface area contributed by atoms with E-state index in [9.17, 15) is 4.79 Å². The van der Waals surface area contributed by atoms with Gasteiger partial charge in [-0.05, 0) is 48.2 Å². The Hall–Kier alpha value is -3.56. The molecule has 4 aromatic rings. The van der Waals surface area contributed by atoms with Crippen LogP contribution in [0, 0.1) is 0 Å². The van der Waals surface area contributed by atoms with Crippen molar-refractivity contribution in [2.75, 3.05) is 19.1 Å². The van der Waals surface area contributed by atoms with Gasteiger partial charge in [0.1, 0.15) is 5.75 Å². The predicted molar refractivity (Wildman–Crippen MR) is 138 cm³/mol. The molecule has 0 unspecified atom stereocenters. The SMILES string of the molecule is COc1ccc(-n2c(SCC(=O)NN=Cc3ccc(SC)cc3)nnc2-c2ccccc2)cc1. The average Bonchev–Trinajstić information content (AvgIpc) is 3.32. The molecule has 0 spiro atoms. The summed E-state index contributed by atoms with van der Waals surface area (Å²) in [5.74, 6) is 1.37. The standard InChI is InChI=1S/C25H23N5O2S2/c1-32-21-12-10-20(11-13-21)30-24(19-6-4-3-5-7-19)28-29-25(30)34-17-23(31)27-26-16-18-8-14-22(33-2)15-9-18/h3-16H,17H2,1-2H3,(H,27,31). The zero-order valence-electron chi connectivity index (χ0n) is 18.7. The molecule has 0 aliphatic heterocycles. The summed E-state index contributed by atoms with van der Waals surface area (Å²) in [6, 6.07) is 25.4. The topological polar surface area (TPSA) is 81.4 Å². The highest BCUT2D eigenvalue weighted by molar-refractivity contribution is 7.99. The Balaban J connectivity index is 1.48. The molecule has 0 radical (unpaired) electrons. The number of nitrogens with one attached hydrogen (secondary N) is 1. The third-order valence-corrected chi connectivity index (χ3v) is 6.52. The maximum atomic E-state index is 12.4. The first-order valence-electron chi connectivity index (χ1n) is 10.4. The fraction of sp³-hybridized carbons (Fsp3) is 0.120. The molecular formula is C25H23N5O2S2. The average molecular weight is 490 g/mol. The van der Waals surface area contributed by atoms with Gasteiger partial charge in [-0.25, -0.2) is 5.43 Å². The molecule has 0 fully saturated rings. The number of aromatic nitrogens is 3. The van der Waals surface area contributed by atoms with Gasteiger partial charge in [-0.15, -0.1) is 22.0 Å². The van der Waals surface area contributed by atoms with Crippen molar-refractivity contribution in [3.63, 3.8) is 0 Å². The number of thioether (sulfide) groups is 2. The van der Waals surface area contributed by atoms with Gasteiger partial charge in [-0.1, -0.05) is 54.2 Å². The van der Waals surface area contributed by atoms with Gasteiger partial charge < -0.3 is 4.74 Å². The Bertz CT molecular complexity index is 1260. The van der Waals surface area contributed by atoms with Crippen LogP contribution >= 0.6 is 23.5 Å². The highest BCUT2D eigenvalue weighted by atomic mass is 32.2. The van der Waals surface area contributed by atoms with Crippen molar-refractivity contribution >= 4 is 35.6 Å². The van der Waals surface area contributed by atoms with E-state index in [2.05, 4.69) is 20.7 Å². The van der Waals surface area contributed by atoms with Crippen molar-refractivity contribution in [2.24, 2.45) is 5.10 Å². The molecule has 1 heterocycles. The van der Waals surface area contributed by atoms with E-state index in [4.69, 9.17) is 4.74 Å². The normalized spacial score (nSPS) is 11.0. The van der Waals surface area contributed by atoms with Gasteiger partial charge in [0.25, 0.3) is 5.91 Å². The summed E-state index contributed by atoms with van der Waals surface area (Å²) in [6.07, 6.45) is 3.65. The second-order valence-corrected chi connectivity index (χ2v) is 8.88. The highest BCUT2D eigenvalue weighted by Gasteiger charge is 2.17. The van der Waals surface area contributed by atoms with Crippen LogP contribution in [-0.4, -0.2) is 46.0 Å². The molecule has 172 valence electrons. The summed E-state index contributed by atoms with van der Waals surface area (Å²) in [6.45, 7) is 0. The van der Waals surface area contributed by atoms with Gasteiger partial charge in [-0.3, -0.25) is 9.36 Å². The first-order chi connectivity index (χ1) is 16.7. The van der Waals surface area contributed by atoms with Crippen LogP contribution in [0.2, 0.25) is 0 Å². The van der Waals surface area contributed by atoms with Crippen LogP contribution in [0.15, 0.2) is 94.0 Å². The van der Waals surface area contributed by atoms with Crippen molar-refractivity contribution < 1.29 is 9.53 Å². The first-order valence-corrected chi connectivity index (χ1v) is 12.6. The summed E-state index contributed by atoms with van der Waals surface area (Å²) in [5, 5.41) is 13.4. The maximum absolute atomic E-state index is 12.4. The molecule has 9 heteroatoms. The minimum absolute atomic E-state index is 0.145. The van der Waals surface area contributed by atoms with E-state index in [0.717, 1.165) is 22.6 Å². The number of hydrogen-bond acceptors (Lipinski definition) is 7. The maximum Gasteiger partial charge on any atom is 0.250 e. The lowest BCUT2D eigenvalue weighted by atomic mass is 10.2. The van der Waals surface area contributed by atoms with Crippen LogP contribution in [0.3, 0.4) is 0 Å². The molecule has 0 aliphatic rings. The van der Waals surface area contributed by atoms with Crippen LogP contribution in [0.1, 0.15) is 5.56 Å². The van der Waals surface area contributed by atoms with Crippen LogP contribution in [0.4, 0.5) is 0 Å². The van der Waals surface area contributed by atoms with Gasteiger partial charge in [0.15, 0.2) is 11.0 Å². The van der Waals surface area contributed by atoms with Gasteiger partial charge in [0.05, 0.1) is 19.1 Å². The Morgan fingerprint density at radius 3 is 2.44 bits per heavy atom. The van der Waals surface area contributed by atoms with Crippen LogP contribution in [0.5, 0.6) is 5.75 Å². The summed E-state index contributed by atoms with van der Waals surface area (Å²) in [4.78, 5) is 13.6. The zero-order valence-corrected chi connectivity index (χ0v) is 20.3. The lowest BCUT2D eigenvalue weighted by Crippen LogP contribution is -2.20. The molecule has 1 aromatic heterocycles. The number of ether oxygens (including phenoxy) is 1. The van der Waals surface area contributed by atoms with Crippen LogP contribution < -0.4 is 10.2 Å². The quantitative estimate of drug-likeness (QED) is 0.204. The fourth-order valence-corrected chi connectivity index (χ4v) is 4.29. The zero-order chi connectivity index (χ0) is 23.8. The lowest BCUT2D eigenvalue weighted by Gasteiger charge is -2.11. The van der Waals surface area contributed by atoms with Crippen molar-refractivity contribution in [1.29, 1.82) is 0 Å². The van der Waals surface area contributed by atoms with Crippen LogP contribution in [-0.2, 0) is 4.79 Å². The van der Waals surface area contributed by atoms with E-state index in [1.54, 1.807) is 25.1 Å². The molecule has 0 saturated heterocycles. The number of carbonyl (C=O) groups is 1. The minimum atomic E-state index is -0.229. The molecular weight excluding hydrogens is 466 g/mol. The number of rotatable bonds is 9. The number of hydrazone groups is 1. The van der Waals surface area contributed by atoms with E-state index in [-0.39, 0.29) is 11.7 Å².